The van der Waals surface area contributed by atoms with Crippen LogP contribution in [0.15, 0.2) is 48.5 Å². The average Bonchev–Trinajstić information content (AvgIpc) is 2.45. The maximum atomic E-state index is 10.2. The van der Waals surface area contributed by atoms with Crippen LogP contribution in [0.5, 0.6) is 0 Å². The van der Waals surface area contributed by atoms with Gasteiger partial charge in [0.05, 0.1) is 16.1 Å². The van der Waals surface area contributed by atoms with Gasteiger partial charge in [0.25, 0.3) is 0 Å². The molecule has 0 saturated carbocycles. The number of hydrogen-bond donors (Lipinski definition) is 1. The molecule has 0 aliphatic carbocycles. The minimum absolute atomic E-state index is 0.309. The topological polar surface area (TPSA) is 20.2 Å². The summed E-state index contributed by atoms with van der Waals surface area (Å²) in [4.78, 5) is 0. The van der Waals surface area contributed by atoms with E-state index >= 15 is 0 Å². The minimum atomic E-state index is -0.429. The zero-order valence-corrected chi connectivity index (χ0v) is 12.9. The van der Waals surface area contributed by atoms with E-state index in [9.17, 15) is 5.11 Å². The number of hydrogen-bond acceptors (Lipinski definition) is 1. The van der Waals surface area contributed by atoms with Crippen LogP contribution in [0.25, 0.3) is 0 Å². The van der Waals surface area contributed by atoms with Crippen molar-refractivity contribution >= 4 is 23.2 Å². The molecule has 0 saturated heterocycles. The van der Waals surface area contributed by atoms with Gasteiger partial charge < -0.3 is 5.11 Å². The summed E-state index contributed by atoms with van der Waals surface area (Å²) in [5.74, 6) is 0.309. The van der Waals surface area contributed by atoms with Crippen molar-refractivity contribution in [3.63, 3.8) is 0 Å². The average molecular weight is 309 g/mol. The normalized spacial score (nSPS) is 14.0. The molecule has 1 N–H and O–H groups in total. The van der Waals surface area contributed by atoms with Gasteiger partial charge in [-0.05, 0) is 36.0 Å². The Bertz CT molecular complexity index is 554. The summed E-state index contributed by atoms with van der Waals surface area (Å²) in [7, 11) is 0. The van der Waals surface area contributed by atoms with Gasteiger partial charge in [0.15, 0.2) is 0 Å². The Balaban J connectivity index is 1.99. The zero-order valence-electron chi connectivity index (χ0n) is 11.4. The molecule has 0 spiro atoms. The second-order valence-corrected chi connectivity index (χ2v) is 5.90. The van der Waals surface area contributed by atoms with Gasteiger partial charge in [0.2, 0.25) is 0 Å². The molecule has 2 rings (SSSR count). The molecule has 0 bridgehead atoms. The largest absolute Gasteiger partial charge is 0.393 e. The van der Waals surface area contributed by atoms with Crippen molar-refractivity contribution in [2.24, 2.45) is 0 Å². The van der Waals surface area contributed by atoms with Crippen LogP contribution >= 0.6 is 23.2 Å². The molecule has 2 atom stereocenters. The fourth-order valence-corrected chi connectivity index (χ4v) is 2.77. The number of rotatable bonds is 5. The predicted molar refractivity (Wildman–Crippen MR) is 85.6 cm³/mol. The Hall–Kier alpha value is -1.02. The third-order valence-corrected chi connectivity index (χ3v) is 4.34. The van der Waals surface area contributed by atoms with Gasteiger partial charge in [-0.3, -0.25) is 0 Å². The van der Waals surface area contributed by atoms with Crippen molar-refractivity contribution in [3.05, 3.63) is 69.7 Å². The fraction of sp³-hybridized carbons (Fsp3) is 0.294. The Morgan fingerprint density at radius 3 is 2.40 bits per heavy atom. The number of benzene rings is 2. The number of halogens is 2. The molecule has 0 aliphatic rings. The first-order valence-corrected chi connectivity index (χ1v) is 7.49. The van der Waals surface area contributed by atoms with E-state index in [0.717, 1.165) is 5.56 Å². The second-order valence-electron chi connectivity index (χ2n) is 5.12. The van der Waals surface area contributed by atoms with Crippen molar-refractivity contribution in [2.45, 2.75) is 31.8 Å². The number of aliphatic hydroxyl groups is 1. The van der Waals surface area contributed by atoms with E-state index in [1.54, 1.807) is 6.07 Å². The molecule has 2 aromatic carbocycles. The van der Waals surface area contributed by atoms with Crippen LogP contribution in [0.1, 0.15) is 30.4 Å². The smallest absolute Gasteiger partial charge is 0.0625 e. The van der Waals surface area contributed by atoms with E-state index in [4.69, 9.17) is 23.2 Å². The van der Waals surface area contributed by atoms with E-state index in [2.05, 4.69) is 19.1 Å². The SMILES string of the molecule is CC(CC(O)Cc1cccc(Cl)c1Cl)c1ccccc1. The van der Waals surface area contributed by atoms with Crippen LogP contribution in [0.4, 0.5) is 0 Å². The van der Waals surface area contributed by atoms with Crippen molar-refractivity contribution in [2.75, 3.05) is 0 Å². The van der Waals surface area contributed by atoms with E-state index in [1.807, 2.05) is 30.3 Å². The highest BCUT2D eigenvalue weighted by Gasteiger charge is 2.14. The lowest BCUT2D eigenvalue weighted by atomic mass is 9.92. The summed E-state index contributed by atoms with van der Waals surface area (Å²) in [6.45, 7) is 2.12. The summed E-state index contributed by atoms with van der Waals surface area (Å²) in [6.07, 6.45) is 0.796. The van der Waals surface area contributed by atoms with Crippen LogP contribution in [-0.2, 0) is 6.42 Å². The van der Waals surface area contributed by atoms with E-state index < -0.39 is 6.10 Å². The lowest BCUT2D eigenvalue weighted by molar-refractivity contribution is 0.157. The molecule has 2 unspecified atom stereocenters. The van der Waals surface area contributed by atoms with Crippen LogP contribution < -0.4 is 0 Å². The Morgan fingerprint density at radius 1 is 1.00 bits per heavy atom. The molecule has 0 aromatic heterocycles. The molecule has 20 heavy (non-hydrogen) atoms. The van der Waals surface area contributed by atoms with Crippen molar-refractivity contribution < 1.29 is 5.11 Å². The first-order valence-electron chi connectivity index (χ1n) is 6.74. The summed E-state index contributed by atoms with van der Waals surface area (Å²) < 4.78 is 0. The minimum Gasteiger partial charge on any atom is -0.393 e. The second kappa shape index (κ2) is 7.12. The summed E-state index contributed by atoms with van der Waals surface area (Å²) in [6, 6.07) is 15.7. The first kappa shape index (κ1) is 15.4. The van der Waals surface area contributed by atoms with Crippen LogP contribution in [-0.4, -0.2) is 11.2 Å². The van der Waals surface area contributed by atoms with Crippen LogP contribution in [0, 0.1) is 0 Å². The summed E-state index contributed by atoms with van der Waals surface area (Å²) >= 11 is 12.1. The number of aliphatic hydroxyl groups excluding tert-OH is 1. The van der Waals surface area contributed by atoms with Gasteiger partial charge in [0, 0.05) is 0 Å². The van der Waals surface area contributed by atoms with Crippen LogP contribution in [0.3, 0.4) is 0 Å². The Labute approximate surface area is 130 Å². The lowest BCUT2D eigenvalue weighted by Crippen LogP contribution is -2.14. The van der Waals surface area contributed by atoms with Crippen molar-refractivity contribution in [1.82, 2.24) is 0 Å². The quantitative estimate of drug-likeness (QED) is 0.815. The molecular formula is C17H18Cl2O. The maximum absolute atomic E-state index is 10.2. The monoisotopic (exact) mass is 308 g/mol. The highest BCUT2D eigenvalue weighted by molar-refractivity contribution is 6.42. The summed E-state index contributed by atoms with van der Waals surface area (Å²) in [5.41, 5.74) is 2.13. The van der Waals surface area contributed by atoms with Crippen molar-refractivity contribution in [3.8, 4) is 0 Å². The first-order chi connectivity index (χ1) is 9.58. The molecule has 0 heterocycles. The third kappa shape index (κ3) is 3.99. The van der Waals surface area contributed by atoms with Gasteiger partial charge in [-0.2, -0.15) is 0 Å². The maximum Gasteiger partial charge on any atom is 0.0625 e. The van der Waals surface area contributed by atoms with Gasteiger partial charge in [-0.25, -0.2) is 0 Å². The van der Waals surface area contributed by atoms with Crippen molar-refractivity contribution in [1.29, 1.82) is 0 Å². The molecule has 3 heteroatoms. The van der Waals surface area contributed by atoms with Gasteiger partial charge in [-0.15, -0.1) is 0 Å². The molecule has 0 fully saturated rings. The van der Waals surface area contributed by atoms with Gasteiger partial charge in [-0.1, -0.05) is 72.6 Å². The molecule has 0 aliphatic heterocycles. The standard InChI is InChI=1S/C17H18Cl2O/c1-12(13-6-3-2-4-7-13)10-15(20)11-14-8-5-9-16(18)17(14)19/h2-9,12,15,20H,10-11H2,1H3. The molecular weight excluding hydrogens is 291 g/mol. The van der Waals surface area contributed by atoms with E-state index in [0.29, 0.717) is 28.8 Å². The van der Waals surface area contributed by atoms with E-state index in [-0.39, 0.29) is 0 Å². The highest BCUT2D eigenvalue weighted by atomic mass is 35.5. The molecule has 0 amide bonds. The molecule has 2 aromatic rings. The molecule has 1 nitrogen and oxygen atoms in total. The van der Waals surface area contributed by atoms with Crippen LogP contribution in [0.2, 0.25) is 10.0 Å². The zero-order chi connectivity index (χ0) is 14.5. The van der Waals surface area contributed by atoms with Gasteiger partial charge in [0.1, 0.15) is 0 Å². The molecule has 106 valence electrons. The Morgan fingerprint density at radius 2 is 1.70 bits per heavy atom. The fourth-order valence-electron chi connectivity index (χ4n) is 2.37. The van der Waals surface area contributed by atoms with E-state index in [1.165, 1.54) is 5.56 Å². The Kier molecular flexibility index (Phi) is 5.47. The lowest BCUT2D eigenvalue weighted by Gasteiger charge is -2.17. The molecule has 0 radical (unpaired) electrons. The van der Waals surface area contributed by atoms with Gasteiger partial charge >= 0.3 is 0 Å². The predicted octanol–water partition coefficient (Wildman–Crippen LogP) is 5.09. The highest BCUT2D eigenvalue weighted by Crippen LogP contribution is 2.28. The summed E-state index contributed by atoms with van der Waals surface area (Å²) in [5, 5.41) is 11.3. The third-order valence-electron chi connectivity index (χ3n) is 3.48.